The summed E-state index contributed by atoms with van der Waals surface area (Å²) in [7, 11) is -4.01. The van der Waals surface area contributed by atoms with Crippen molar-refractivity contribution in [1.82, 2.24) is 5.43 Å². The first-order chi connectivity index (χ1) is 17.8. The molecule has 0 heterocycles. The number of carbonyl (C=O) groups excluding carboxylic acids is 1. The Hall–Kier alpha value is -3.65. The Kier molecular flexibility index (Phi) is 8.28. The number of hydrazone groups is 1. The molecule has 0 aromatic heterocycles. The maximum atomic E-state index is 13.8. The Morgan fingerprint density at radius 1 is 0.919 bits per heavy atom. The Bertz CT molecular complexity index is 1540. The zero-order valence-electron chi connectivity index (χ0n) is 19.8. The van der Waals surface area contributed by atoms with Gasteiger partial charge in [-0.15, -0.1) is 0 Å². The predicted molar refractivity (Wildman–Crippen MR) is 149 cm³/mol. The predicted octanol–water partition coefficient (Wildman–Crippen LogP) is 6.46. The molecule has 0 atom stereocenters. The van der Waals surface area contributed by atoms with E-state index in [1.807, 2.05) is 37.3 Å². The molecule has 0 unspecified atom stereocenters. The van der Waals surface area contributed by atoms with Crippen LogP contribution in [0, 0.1) is 6.92 Å². The first-order valence-corrected chi connectivity index (χ1v) is 13.5. The molecule has 0 fully saturated rings. The van der Waals surface area contributed by atoms with E-state index in [1.54, 1.807) is 66.7 Å². The summed E-state index contributed by atoms with van der Waals surface area (Å²) in [5, 5.41) is 4.86. The molecule has 4 rings (SSSR count). The Morgan fingerprint density at radius 3 is 2.30 bits per heavy atom. The average molecular weight is 552 g/mol. The number of hydrogen-bond donors (Lipinski definition) is 1. The number of rotatable bonds is 8. The van der Waals surface area contributed by atoms with E-state index in [9.17, 15) is 13.2 Å². The van der Waals surface area contributed by atoms with Gasteiger partial charge in [0.05, 0.1) is 33.9 Å². The van der Waals surface area contributed by atoms with Crippen LogP contribution in [-0.2, 0) is 16.6 Å². The van der Waals surface area contributed by atoms with Gasteiger partial charge in [0.1, 0.15) is 0 Å². The molecule has 0 saturated carbocycles. The summed E-state index contributed by atoms with van der Waals surface area (Å²) in [5.74, 6) is -0.575. The second-order valence-electron chi connectivity index (χ2n) is 8.19. The molecule has 0 aliphatic carbocycles. The summed E-state index contributed by atoms with van der Waals surface area (Å²) in [6.07, 6.45) is 1.39. The molecular formula is C28H23Cl2N3O3S. The zero-order chi connectivity index (χ0) is 26.4. The number of hydrogen-bond acceptors (Lipinski definition) is 4. The number of nitrogens with zero attached hydrogens (tertiary/aromatic N) is 2. The third-order valence-electron chi connectivity index (χ3n) is 5.53. The SMILES string of the molecule is Cc1ccc(S(=O)(=O)N(Cc2ccccc2)c2ccccc2C(=O)NN=Cc2ccc(Cl)cc2Cl)cc1. The summed E-state index contributed by atoms with van der Waals surface area (Å²) < 4.78 is 28.9. The maximum Gasteiger partial charge on any atom is 0.273 e. The topological polar surface area (TPSA) is 78.8 Å². The number of para-hydroxylation sites is 1. The molecule has 9 heteroatoms. The smallest absolute Gasteiger partial charge is 0.267 e. The highest BCUT2D eigenvalue weighted by Gasteiger charge is 2.28. The molecule has 0 bridgehead atoms. The summed E-state index contributed by atoms with van der Waals surface area (Å²) >= 11 is 12.1. The van der Waals surface area contributed by atoms with Crippen LogP contribution in [0.15, 0.2) is 107 Å². The number of carbonyl (C=O) groups is 1. The van der Waals surface area contributed by atoms with Gasteiger partial charge in [-0.3, -0.25) is 9.10 Å². The third kappa shape index (κ3) is 6.38. The normalized spacial score (nSPS) is 11.4. The van der Waals surface area contributed by atoms with Gasteiger partial charge in [0.2, 0.25) is 0 Å². The van der Waals surface area contributed by atoms with Crippen LogP contribution in [0.5, 0.6) is 0 Å². The van der Waals surface area contributed by atoms with Crippen molar-refractivity contribution in [3.8, 4) is 0 Å². The maximum absolute atomic E-state index is 13.8. The molecule has 0 spiro atoms. The molecule has 1 N–H and O–H groups in total. The van der Waals surface area contributed by atoms with Gasteiger partial charge in [0.15, 0.2) is 0 Å². The lowest BCUT2D eigenvalue weighted by Crippen LogP contribution is -2.33. The van der Waals surface area contributed by atoms with Crippen LogP contribution in [0.1, 0.15) is 27.0 Å². The van der Waals surface area contributed by atoms with Crippen LogP contribution in [-0.4, -0.2) is 20.5 Å². The minimum Gasteiger partial charge on any atom is -0.267 e. The van der Waals surface area contributed by atoms with Gasteiger partial charge in [-0.05, 0) is 48.9 Å². The van der Waals surface area contributed by atoms with Gasteiger partial charge in [-0.2, -0.15) is 5.10 Å². The van der Waals surface area contributed by atoms with E-state index in [4.69, 9.17) is 23.2 Å². The van der Waals surface area contributed by atoms with Crippen molar-refractivity contribution in [2.45, 2.75) is 18.4 Å². The minimum absolute atomic E-state index is 0.0327. The monoisotopic (exact) mass is 551 g/mol. The van der Waals surface area contributed by atoms with Crippen LogP contribution >= 0.6 is 23.2 Å². The van der Waals surface area contributed by atoms with Gasteiger partial charge in [-0.1, -0.05) is 89.4 Å². The summed E-state index contributed by atoms with van der Waals surface area (Å²) in [5.41, 5.74) is 5.10. The molecule has 6 nitrogen and oxygen atoms in total. The van der Waals surface area contributed by atoms with Crippen molar-refractivity contribution in [3.05, 3.63) is 129 Å². The first-order valence-electron chi connectivity index (χ1n) is 11.3. The molecule has 1 amide bonds. The largest absolute Gasteiger partial charge is 0.273 e. The third-order valence-corrected chi connectivity index (χ3v) is 7.86. The highest BCUT2D eigenvalue weighted by atomic mass is 35.5. The minimum atomic E-state index is -4.01. The molecule has 0 radical (unpaired) electrons. The fourth-order valence-corrected chi connectivity index (χ4v) is 5.53. The van der Waals surface area contributed by atoms with Crippen molar-refractivity contribution in [1.29, 1.82) is 0 Å². The second kappa shape index (κ2) is 11.6. The van der Waals surface area contributed by atoms with Crippen LogP contribution in [0.2, 0.25) is 10.0 Å². The van der Waals surface area contributed by atoms with Crippen molar-refractivity contribution in [3.63, 3.8) is 0 Å². The zero-order valence-corrected chi connectivity index (χ0v) is 22.1. The average Bonchev–Trinajstić information content (AvgIpc) is 2.89. The summed E-state index contributed by atoms with van der Waals surface area (Å²) in [6, 6.07) is 27.2. The summed E-state index contributed by atoms with van der Waals surface area (Å²) in [4.78, 5) is 13.3. The van der Waals surface area contributed by atoms with Crippen LogP contribution in [0.3, 0.4) is 0 Å². The van der Waals surface area contributed by atoms with Gasteiger partial charge in [-0.25, -0.2) is 13.8 Å². The van der Waals surface area contributed by atoms with Gasteiger partial charge in [0, 0.05) is 10.6 Å². The molecular weight excluding hydrogens is 529 g/mol. The lowest BCUT2D eigenvalue weighted by molar-refractivity contribution is 0.0955. The number of sulfonamides is 1. The van der Waals surface area contributed by atoms with Gasteiger partial charge >= 0.3 is 0 Å². The van der Waals surface area contributed by atoms with E-state index in [0.29, 0.717) is 15.6 Å². The van der Waals surface area contributed by atoms with E-state index >= 15 is 0 Å². The number of halogens is 2. The Labute approximate surface area is 226 Å². The molecule has 0 aliphatic heterocycles. The van der Waals surface area contributed by atoms with E-state index < -0.39 is 15.9 Å². The lowest BCUT2D eigenvalue weighted by Gasteiger charge is -2.26. The van der Waals surface area contributed by atoms with Crippen molar-refractivity contribution < 1.29 is 13.2 Å². The van der Waals surface area contributed by atoms with Crippen molar-refractivity contribution in [2.75, 3.05) is 4.31 Å². The van der Waals surface area contributed by atoms with Crippen LogP contribution in [0.4, 0.5) is 5.69 Å². The Morgan fingerprint density at radius 2 is 1.59 bits per heavy atom. The van der Waals surface area contributed by atoms with Crippen LogP contribution < -0.4 is 9.73 Å². The first kappa shape index (κ1) is 26.4. The number of amides is 1. The van der Waals surface area contributed by atoms with E-state index in [2.05, 4.69) is 10.5 Å². The quantitative estimate of drug-likeness (QED) is 0.201. The molecule has 0 saturated heterocycles. The molecule has 4 aromatic carbocycles. The molecule has 4 aromatic rings. The number of nitrogens with one attached hydrogen (secondary N) is 1. The number of aryl methyl sites for hydroxylation is 1. The fraction of sp³-hybridized carbons (Fsp3) is 0.0714. The van der Waals surface area contributed by atoms with Crippen molar-refractivity contribution in [2.24, 2.45) is 5.10 Å². The van der Waals surface area contributed by atoms with Gasteiger partial charge < -0.3 is 0 Å². The molecule has 188 valence electrons. The van der Waals surface area contributed by atoms with Crippen LogP contribution in [0.25, 0.3) is 0 Å². The fourth-order valence-electron chi connectivity index (χ4n) is 3.60. The van der Waals surface area contributed by atoms with Gasteiger partial charge in [0.25, 0.3) is 15.9 Å². The van der Waals surface area contributed by atoms with E-state index in [0.717, 1.165) is 11.1 Å². The summed E-state index contributed by atoms with van der Waals surface area (Å²) in [6.45, 7) is 1.92. The highest BCUT2D eigenvalue weighted by molar-refractivity contribution is 7.92. The van der Waals surface area contributed by atoms with Crippen molar-refractivity contribution >= 4 is 51.0 Å². The highest BCUT2D eigenvalue weighted by Crippen LogP contribution is 2.29. The van der Waals surface area contributed by atoms with E-state index in [1.165, 1.54) is 10.5 Å². The number of anilines is 1. The number of benzene rings is 4. The Balaban J connectivity index is 1.70. The molecule has 37 heavy (non-hydrogen) atoms. The van der Waals surface area contributed by atoms with E-state index in [-0.39, 0.29) is 22.7 Å². The standard InChI is InChI=1S/C28H23Cl2N3O3S/c1-20-11-15-24(16-12-20)37(35,36)33(19-21-7-3-2-4-8-21)27-10-6-5-9-25(27)28(34)32-31-18-22-13-14-23(29)17-26(22)30/h2-18H,19H2,1H3,(H,32,34). The molecule has 0 aliphatic rings. The second-order valence-corrected chi connectivity index (χ2v) is 10.9. The lowest BCUT2D eigenvalue weighted by atomic mass is 10.1.